The van der Waals surface area contributed by atoms with Crippen molar-refractivity contribution < 1.29 is 0 Å². The minimum absolute atomic E-state index is 0.332. The molecule has 1 aromatic carbocycles. The third-order valence-electron chi connectivity index (χ3n) is 2.74. The molecule has 0 aromatic heterocycles. The van der Waals surface area contributed by atoms with Crippen LogP contribution in [0.5, 0.6) is 0 Å². The highest BCUT2D eigenvalue weighted by Gasteiger charge is 2.11. The van der Waals surface area contributed by atoms with Gasteiger partial charge in [-0.05, 0) is 30.7 Å². The Morgan fingerprint density at radius 3 is 2.43 bits per heavy atom. The van der Waals surface area contributed by atoms with Crippen LogP contribution in [0.4, 0.5) is 0 Å². The summed E-state index contributed by atoms with van der Waals surface area (Å²) >= 11 is 6.18. The van der Waals surface area contributed by atoms with E-state index in [0.717, 1.165) is 12.8 Å². The molecule has 78 valence electrons. The molecular weight excluding hydrogens is 192 g/mol. The molecule has 0 N–H and O–H groups in total. The Bertz CT molecular complexity index is 243. The van der Waals surface area contributed by atoms with Crippen LogP contribution >= 0.6 is 11.6 Å². The largest absolute Gasteiger partial charge is 0.123 e. The molecule has 0 nitrogen and oxygen atoms in total. The summed E-state index contributed by atoms with van der Waals surface area (Å²) in [5, 5.41) is 0.332. The fourth-order valence-corrected chi connectivity index (χ4v) is 1.75. The lowest BCUT2D eigenvalue weighted by atomic mass is 9.97. The molecule has 0 aliphatic rings. The van der Waals surface area contributed by atoms with Gasteiger partial charge in [0.05, 0.1) is 0 Å². The zero-order valence-electron chi connectivity index (χ0n) is 9.04. The third-order valence-corrected chi connectivity index (χ3v) is 3.48. The number of hydrogen-bond donors (Lipinski definition) is 0. The van der Waals surface area contributed by atoms with E-state index in [4.69, 9.17) is 11.6 Å². The predicted octanol–water partition coefficient (Wildman–Crippen LogP) is 4.27. The van der Waals surface area contributed by atoms with Crippen LogP contribution in [0.2, 0.25) is 0 Å². The topological polar surface area (TPSA) is 0 Å². The van der Waals surface area contributed by atoms with Crippen molar-refractivity contribution in [3.05, 3.63) is 35.9 Å². The molecule has 0 aliphatic heterocycles. The molecule has 0 bridgehead atoms. The average Bonchev–Trinajstić information content (AvgIpc) is 2.26. The van der Waals surface area contributed by atoms with Gasteiger partial charge in [-0.25, -0.2) is 0 Å². The van der Waals surface area contributed by atoms with Crippen LogP contribution in [-0.2, 0) is 6.42 Å². The second-order valence-electron chi connectivity index (χ2n) is 3.93. The van der Waals surface area contributed by atoms with Crippen LogP contribution in [-0.4, -0.2) is 5.38 Å². The lowest BCUT2D eigenvalue weighted by Gasteiger charge is -2.15. The molecule has 0 heterocycles. The summed E-state index contributed by atoms with van der Waals surface area (Å²) in [7, 11) is 0. The second-order valence-corrected chi connectivity index (χ2v) is 4.49. The minimum atomic E-state index is 0.332. The Kier molecular flexibility index (Phi) is 5.03. The van der Waals surface area contributed by atoms with Gasteiger partial charge in [0.1, 0.15) is 0 Å². The molecule has 0 amide bonds. The molecule has 0 saturated carbocycles. The van der Waals surface area contributed by atoms with Gasteiger partial charge in [-0.2, -0.15) is 0 Å². The van der Waals surface area contributed by atoms with E-state index >= 15 is 0 Å². The summed E-state index contributed by atoms with van der Waals surface area (Å²) in [5.41, 5.74) is 1.42. The summed E-state index contributed by atoms with van der Waals surface area (Å²) < 4.78 is 0. The van der Waals surface area contributed by atoms with Crippen molar-refractivity contribution in [2.45, 2.75) is 38.5 Å². The molecule has 14 heavy (non-hydrogen) atoms. The van der Waals surface area contributed by atoms with Gasteiger partial charge >= 0.3 is 0 Å². The normalized spacial score (nSPS) is 15.1. The van der Waals surface area contributed by atoms with E-state index in [9.17, 15) is 0 Å². The van der Waals surface area contributed by atoms with Crippen LogP contribution in [0.15, 0.2) is 30.3 Å². The maximum Gasteiger partial charge on any atom is 0.0359 e. The number of alkyl halides is 1. The molecule has 0 aliphatic carbocycles. The highest BCUT2D eigenvalue weighted by Crippen LogP contribution is 2.19. The van der Waals surface area contributed by atoms with E-state index in [1.54, 1.807) is 0 Å². The van der Waals surface area contributed by atoms with Crippen LogP contribution in [0, 0.1) is 5.92 Å². The molecule has 0 radical (unpaired) electrons. The summed E-state index contributed by atoms with van der Waals surface area (Å²) in [6, 6.07) is 10.6. The fourth-order valence-electron chi connectivity index (χ4n) is 1.62. The molecule has 1 heteroatoms. The van der Waals surface area contributed by atoms with Gasteiger partial charge in [0.25, 0.3) is 0 Å². The zero-order valence-corrected chi connectivity index (χ0v) is 9.80. The Hall–Kier alpha value is -0.490. The summed E-state index contributed by atoms with van der Waals surface area (Å²) in [6.07, 6.45) is 3.40. The van der Waals surface area contributed by atoms with Gasteiger partial charge in [-0.3, -0.25) is 0 Å². The van der Waals surface area contributed by atoms with Gasteiger partial charge < -0.3 is 0 Å². The van der Waals surface area contributed by atoms with Crippen molar-refractivity contribution >= 4 is 11.6 Å². The van der Waals surface area contributed by atoms with E-state index in [1.165, 1.54) is 12.0 Å². The highest BCUT2D eigenvalue weighted by molar-refractivity contribution is 6.20. The van der Waals surface area contributed by atoms with E-state index in [1.807, 2.05) is 0 Å². The second kappa shape index (κ2) is 6.08. The van der Waals surface area contributed by atoms with Crippen molar-refractivity contribution in [1.29, 1.82) is 0 Å². The van der Waals surface area contributed by atoms with Gasteiger partial charge in [-0.15, -0.1) is 11.6 Å². The number of rotatable bonds is 5. The molecule has 2 unspecified atom stereocenters. The monoisotopic (exact) mass is 210 g/mol. The lowest BCUT2D eigenvalue weighted by molar-refractivity contribution is 0.494. The first-order valence-electron chi connectivity index (χ1n) is 5.42. The number of benzene rings is 1. The first kappa shape index (κ1) is 11.6. The summed E-state index contributed by atoms with van der Waals surface area (Å²) in [4.78, 5) is 0. The minimum Gasteiger partial charge on any atom is -0.123 e. The molecule has 0 saturated heterocycles. The van der Waals surface area contributed by atoms with Crippen molar-refractivity contribution in [2.75, 3.05) is 0 Å². The van der Waals surface area contributed by atoms with E-state index in [2.05, 4.69) is 44.2 Å². The van der Waals surface area contributed by atoms with Crippen LogP contribution in [0.25, 0.3) is 0 Å². The number of hydrogen-bond acceptors (Lipinski definition) is 0. The first-order valence-corrected chi connectivity index (χ1v) is 5.85. The zero-order chi connectivity index (χ0) is 10.4. The number of halogens is 1. The predicted molar refractivity (Wildman–Crippen MR) is 63.9 cm³/mol. The summed E-state index contributed by atoms with van der Waals surface area (Å²) in [6.45, 7) is 4.39. The van der Waals surface area contributed by atoms with E-state index < -0.39 is 0 Å². The summed E-state index contributed by atoms with van der Waals surface area (Å²) in [5.74, 6) is 0.613. The quantitative estimate of drug-likeness (QED) is 0.637. The van der Waals surface area contributed by atoms with E-state index in [-0.39, 0.29) is 0 Å². The number of aryl methyl sites for hydroxylation is 1. The van der Waals surface area contributed by atoms with Gasteiger partial charge in [-0.1, -0.05) is 44.2 Å². The maximum atomic E-state index is 6.18. The smallest absolute Gasteiger partial charge is 0.0359 e. The first-order chi connectivity index (χ1) is 6.74. The average molecular weight is 211 g/mol. The molecular formula is C13H19Cl. The Morgan fingerprint density at radius 1 is 1.21 bits per heavy atom. The lowest BCUT2D eigenvalue weighted by Crippen LogP contribution is -2.10. The molecule has 2 atom stereocenters. The molecule has 1 rings (SSSR count). The van der Waals surface area contributed by atoms with Crippen molar-refractivity contribution in [2.24, 2.45) is 5.92 Å². The van der Waals surface area contributed by atoms with Crippen molar-refractivity contribution in [1.82, 2.24) is 0 Å². The van der Waals surface area contributed by atoms with E-state index in [0.29, 0.717) is 11.3 Å². The van der Waals surface area contributed by atoms with Crippen LogP contribution in [0.1, 0.15) is 32.3 Å². The van der Waals surface area contributed by atoms with Gasteiger partial charge in [0.2, 0.25) is 0 Å². The van der Waals surface area contributed by atoms with Crippen molar-refractivity contribution in [3.8, 4) is 0 Å². The fraction of sp³-hybridized carbons (Fsp3) is 0.538. The Balaban J connectivity index is 2.34. The molecule has 0 spiro atoms. The Morgan fingerprint density at radius 2 is 1.86 bits per heavy atom. The molecule has 1 aromatic rings. The molecule has 0 fully saturated rings. The van der Waals surface area contributed by atoms with Gasteiger partial charge in [0, 0.05) is 5.38 Å². The van der Waals surface area contributed by atoms with Gasteiger partial charge in [0.15, 0.2) is 0 Å². The highest BCUT2D eigenvalue weighted by atomic mass is 35.5. The third kappa shape index (κ3) is 3.71. The SMILES string of the molecule is CCC(Cl)C(C)CCc1ccccc1. The van der Waals surface area contributed by atoms with Crippen LogP contribution in [0.3, 0.4) is 0 Å². The standard InChI is InChI=1S/C13H19Cl/c1-3-13(14)11(2)9-10-12-7-5-4-6-8-12/h4-8,11,13H,3,9-10H2,1-2H3. The maximum absolute atomic E-state index is 6.18. The van der Waals surface area contributed by atoms with Crippen molar-refractivity contribution in [3.63, 3.8) is 0 Å². The van der Waals surface area contributed by atoms with Crippen LogP contribution < -0.4 is 0 Å². The Labute approximate surface area is 92.3 Å².